The van der Waals surface area contributed by atoms with Crippen LogP contribution in [0.3, 0.4) is 0 Å². The summed E-state index contributed by atoms with van der Waals surface area (Å²) in [4.78, 5) is 5.08. The van der Waals surface area contributed by atoms with Gasteiger partial charge >= 0.3 is 0 Å². The van der Waals surface area contributed by atoms with Gasteiger partial charge in [-0.15, -0.1) is 0 Å². The molecular formula is C38H70N. The van der Waals surface area contributed by atoms with Crippen molar-refractivity contribution in [2.45, 2.75) is 206 Å². The molecule has 0 aliphatic carbocycles. The van der Waals surface area contributed by atoms with Crippen molar-refractivity contribution in [2.75, 3.05) is 0 Å². The van der Waals surface area contributed by atoms with E-state index >= 15 is 0 Å². The molecule has 0 aromatic carbocycles. The molecule has 1 radical (unpaired) electrons. The maximum atomic E-state index is 5.08. The minimum atomic E-state index is 0.986. The number of hydrogen-bond acceptors (Lipinski definition) is 1. The largest absolute Gasteiger partial charge is 0.258 e. The van der Waals surface area contributed by atoms with Gasteiger partial charge in [0.05, 0.1) is 0 Å². The van der Waals surface area contributed by atoms with E-state index in [2.05, 4.69) is 32.9 Å². The first-order valence-corrected chi connectivity index (χ1v) is 18.1. The van der Waals surface area contributed by atoms with Crippen molar-refractivity contribution in [3.05, 3.63) is 36.0 Å². The third kappa shape index (κ3) is 23.5. The fourth-order valence-electron chi connectivity index (χ4n) is 5.97. The lowest BCUT2D eigenvalue weighted by atomic mass is 10.0. The number of pyridine rings is 1. The molecule has 0 saturated heterocycles. The molecule has 0 saturated carbocycles. The van der Waals surface area contributed by atoms with Gasteiger partial charge in [0.15, 0.2) is 0 Å². The van der Waals surface area contributed by atoms with E-state index < -0.39 is 0 Å². The van der Waals surface area contributed by atoms with E-state index in [0.29, 0.717) is 0 Å². The average Bonchev–Trinajstić information content (AvgIpc) is 2.94. The van der Waals surface area contributed by atoms with Gasteiger partial charge in [0, 0.05) is 11.4 Å². The summed E-state index contributed by atoms with van der Waals surface area (Å²) in [6.45, 7) is 8.70. The summed E-state index contributed by atoms with van der Waals surface area (Å²) in [7, 11) is 0. The summed E-state index contributed by atoms with van der Waals surface area (Å²) in [6.07, 6.45) is 41.3. The zero-order valence-corrected chi connectivity index (χ0v) is 27.0. The molecule has 1 heteroatoms. The predicted octanol–water partition coefficient (Wildman–Crippen LogP) is 13.1. The molecule has 0 spiro atoms. The van der Waals surface area contributed by atoms with Crippen LogP contribution in [0.25, 0.3) is 0 Å². The van der Waals surface area contributed by atoms with Crippen LogP contribution in [0.4, 0.5) is 0 Å². The fourth-order valence-corrected chi connectivity index (χ4v) is 5.97. The molecular weight excluding hydrogens is 470 g/mol. The van der Waals surface area contributed by atoms with E-state index in [9.17, 15) is 0 Å². The lowest BCUT2D eigenvalue weighted by Crippen LogP contribution is -2.00. The monoisotopic (exact) mass is 541 g/mol. The number of hydrogen-bond donors (Lipinski definition) is 0. The van der Waals surface area contributed by atoms with Gasteiger partial charge in [-0.25, -0.2) is 0 Å². The minimum absolute atomic E-state index is 0.986. The van der Waals surface area contributed by atoms with E-state index in [1.54, 1.807) is 0 Å². The van der Waals surface area contributed by atoms with E-state index in [0.717, 1.165) is 25.7 Å². The highest BCUT2D eigenvalue weighted by Crippen LogP contribution is 2.17. The summed E-state index contributed by atoms with van der Waals surface area (Å²) in [5.41, 5.74) is 4.15. The summed E-state index contributed by atoms with van der Waals surface area (Å²) >= 11 is 0. The van der Waals surface area contributed by atoms with Crippen molar-refractivity contribution >= 4 is 0 Å². The Morgan fingerprint density at radius 2 is 0.692 bits per heavy atom. The summed E-state index contributed by atoms with van der Waals surface area (Å²) < 4.78 is 0. The number of nitrogens with zero attached hydrogens (tertiary/aromatic N) is 1. The third-order valence-electron chi connectivity index (χ3n) is 8.53. The van der Waals surface area contributed by atoms with Gasteiger partial charge in [-0.1, -0.05) is 175 Å². The van der Waals surface area contributed by atoms with Gasteiger partial charge in [0.1, 0.15) is 0 Å². The Labute approximate surface area is 247 Å². The van der Waals surface area contributed by atoms with Crippen LogP contribution in [0.5, 0.6) is 0 Å². The molecule has 1 aromatic rings. The SMILES string of the molecule is [CH2]CCc1cc(CCCCCCCCCCCCCCC)nc(CCCCCCCCCCCCCCC)c1. The minimum Gasteiger partial charge on any atom is -0.258 e. The smallest absolute Gasteiger partial charge is 0.0409 e. The van der Waals surface area contributed by atoms with Gasteiger partial charge in [-0.05, 0) is 56.2 Å². The molecule has 0 aliphatic heterocycles. The second-order valence-corrected chi connectivity index (χ2v) is 12.5. The lowest BCUT2D eigenvalue weighted by Gasteiger charge is -2.09. The predicted molar refractivity (Wildman–Crippen MR) is 177 cm³/mol. The van der Waals surface area contributed by atoms with E-state index in [1.165, 1.54) is 184 Å². The van der Waals surface area contributed by atoms with Crippen molar-refractivity contribution in [1.29, 1.82) is 0 Å². The van der Waals surface area contributed by atoms with Crippen molar-refractivity contribution in [2.24, 2.45) is 0 Å². The highest BCUT2D eigenvalue weighted by molar-refractivity contribution is 5.22. The molecule has 1 rings (SSSR count). The molecule has 0 aliphatic rings. The Morgan fingerprint density at radius 1 is 0.410 bits per heavy atom. The van der Waals surface area contributed by atoms with Crippen LogP contribution in [-0.4, -0.2) is 4.98 Å². The quantitative estimate of drug-likeness (QED) is 0.0884. The van der Waals surface area contributed by atoms with Gasteiger partial charge < -0.3 is 0 Å². The topological polar surface area (TPSA) is 12.9 Å². The molecule has 1 heterocycles. The molecule has 0 atom stereocenters. The van der Waals surface area contributed by atoms with Gasteiger partial charge in [-0.2, -0.15) is 0 Å². The second kappa shape index (κ2) is 28.7. The number of aryl methyl sites for hydroxylation is 3. The van der Waals surface area contributed by atoms with Crippen LogP contribution in [-0.2, 0) is 19.3 Å². The fraction of sp³-hybridized carbons (Fsp3) is 0.842. The van der Waals surface area contributed by atoms with Crippen LogP contribution in [0.1, 0.15) is 204 Å². The molecule has 0 unspecified atom stereocenters. The van der Waals surface area contributed by atoms with Crippen molar-refractivity contribution in [1.82, 2.24) is 4.98 Å². The zero-order valence-electron chi connectivity index (χ0n) is 27.0. The first-order chi connectivity index (χ1) is 19.3. The standard InChI is InChI=1S/C38H70N/c1-4-7-9-11-13-15-17-19-21-23-25-27-29-32-37-34-36(31-6-3)35-38(39-37)33-30-28-26-24-22-20-18-16-14-12-10-8-5-2/h34-35H,3-33H2,1-2H3. The molecule has 1 nitrogen and oxygen atoms in total. The maximum absolute atomic E-state index is 5.08. The number of aromatic nitrogens is 1. The Kier molecular flexibility index (Phi) is 26.6. The Bertz CT molecular complexity index is 573. The summed E-state index contributed by atoms with van der Waals surface area (Å²) in [5, 5.41) is 0. The third-order valence-corrected chi connectivity index (χ3v) is 8.53. The molecule has 227 valence electrons. The lowest BCUT2D eigenvalue weighted by molar-refractivity contribution is 0.537. The summed E-state index contributed by atoms with van der Waals surface area (Å²) in [5.74, 6) is 0. The average molecular weight is 541 g/mol. The van der Waals surface area contributed by atoms with Crippen LogP contribution in [0.2, 0.25) is 0 Å². The molecule has 0 bridgehead atoms. The molecule has 1 aromatic heterocycles. The molecule has 0 N–H and O–H groups in total. The first kappa shape index (κ1) is 36.2. The van der Waals surface area contributed by atoms with Crippen LogP contribution >= 0.6 is 0 Å². The van der Waals surface area contributed by atoms with Crippen molar-refractivity contribution in [3.8, 4) is 0 Å². The zero-order chi connectivity index (χ0) is 28.1. The number of rotatable bonds is 30. The first-order valence-electron chi connectivity index (χ1n) is 18.1. The van der Waals surface area contributed by atoms with E-state index in [-0.39, 0.29) is 0 Å². The van der Waals surface area contributed by atoms with Crippen LogP contribution in [0.15, 0.2) is 12.1 Å². The van der Waals surface area contributed by atoms with E-state index in [4.69, 9.17) is 4.98 Å². The van der Waals surface area contributed by atoms with Crippen molar-refractivity contribution in [3.63, 3.8) is 0 Å². The van der Waals surface area contributed by atoms with Crippen LogP contribution in [0, 0.1) is 6.92 Å². The van der Waals surface area contributed by atoms with Gasteiger partial charge in [-0.3, -0.25) is 4.98 Å². The van der Waals surface area contributed by atoms with Gasteiger partial charge in [0.25, 0.3) is 0 Å². The van der Waals surface area contributed by atoms with Crippen molar-refractivity contribution < 1.29 is 0 Å². The Hall–Kier alpha value is -0.850. The maximum Gasteiger partial charge on any atom is 0.0409 e. The molecule has 39 heavy (non-hydrogen) atoms. The van der Waals surface area contributed by atoms with E-state index in [1.807, 2.05) is 0 Å². The normalized spacial score (nSPS) is 11.5. The second-order valence-electron chi connectivity index (χ2n) is 12.5. The Balaban J connectivity index is 2.09. The highest BCUT2D eigenvalue weighted by atomic mass is 14.7. The number of unbranched alkanes of at least 4 members (excludes halogenated alkanes) is 24. The highest BCUT2D eigenvalue weighted by Gasteiger charge is 2.04. The Morgan fingerprint density at radius 3 is 0.974 bits per heavy atom. The summed E-state index contributed by atoms with van der Waals surface area (Å²) in [6, 6.07) is 4.75. The molecule has 0 amide bonds. The van der Waals surface area contributed by atoms with Crippen LogP contribution < -0.4 is 0 Å². The van der Waals surface area contributed by atoms with Gasteiger partial charge in [0.2, 0.25) is 0 Å². The molecule has 0 fully saturated rings.